The second-order valence-electron chi connectivity index (χ2n) is 5.28. The molecule has 0 atom stereocenters. The van der Waals surface area contributed by atoms with Gasteiger partial charge in [-0.15, -0.1) is 0 Å². The highest BCUT2D eigenvalue weighted by Gasteiger charge is 2.28. The van der Waals surface area contributed by atoms with Crippen LogP contribution in [0.15, 0.2) is 18.2 Å². The average molecular weight is 407 g/mol. The molecule has 0 aliphatic heterocycles. The zero-order valence-electron chi connectivity index (χ0n) is 11.6. The van der Waals surface area contributed by atoms with Crippen LogP contribution in [-0.4, -0.2) is 29.4 Å². The molecule has 1 aromatic rings. The van der Waals surface area contributed by atoms with Crippen molar-refractivity contribution < 1.29 is 4.79 Å². The third kappa shape index (κ3) is 3.65. The number of carbonyl (C=O) groups is 1. The van der Waals surface area contributed by atoms with Crippen molar-refractivity contribution in [1.29, 1.82) is 0 Å². The fraction of sp³-hybridized carbons (Fsp3) is 0.533. The monoisotopic (exact) mass is 406 g/mol. The Balaban J connectivity index is 2.18. The van der Waals surface area contributed by atoms with Crippen LogP contribution >= 0.6 is 34.2 Å². The van der Waals surface area contributed by atoms with Crippen molar-refractivity contribution in [1.82, 2.24) is 4.90 Å². The van der Waals surface area contributed by atoms with E-state index >= 15 is 0 Å². The van der Waals surface area contributed by atoms with Crippen LogP contribution in [0.1, 0.15) is 43.0 Å². The molecule has 0 aromatic heterocycles. The van der Waals surface area contributed by atoms with Crippen molar-refractivity contribution in [3.63, 3.8) is 0 Å². The van der Waals surface area contributed by atoms with Crippen LogP contribution in [-0.2, 0) is 0 Å². The molecule has 0 bridgehead atoms. The van der Waals surface area contributed by atoms with E-state index in [2.05, 4.69) is 22.6 Å². The fourth-order valence-electron chi connectivity index (χ4n) is 2.80. The van der Waals surface area contributed by atoms with Gasteiger partial charge in [0.1, 0.15) is 0 Å². The van der Waals surface area contributed by atoms with Crippen molar-refractivity contribution in [3.8, 4) is 0 Å². The summed E-state index contributed by atoms with van der Waals surface area (Å²) in [5, 5.41) is 0.607. The molecular weight excluding hydrogens is 387 g/mol. The van der Waals surface area contributed by atoms with E-state index in [1.807, 2.05) is 24.0 Å². The van der Waals surface area contributed by atoms with Gasteiger partial charge in [0.15, 0.2) is 0 Å². The van der Waals surface area contributed by atoms with Crippen molar-refractivity contribution in [2.75, 3.05) is 6.54 Å². The summed E-state index contributed by atoms with van der Waals surface area (Å²) in [5.41, 5.74) is 6.65. The Morgan fingerprint density at radius 3 is 2.65 bits per heavy atom. The minimum Gasteiger partial charge on any atom is -0.336 e. The number of nitrogens with two attached hydrogens (primary N) is 1. The van der Waals surface area contributed by atoms with Crippen LogP contribution in [0, 0.1) is 3.57 Å². The molecule has 0 heterocycles. The maximum Gasteiger partial charge on any atom is 0.255 e. The van der Waals surface area contributed by atoms with Crippen LogP contribution in [0.5, 0.6) is 0 Å². The van der Waals surface area contributed by atoms with Gasteiger partial charge in [-0.25, -0.2) is 0 Å². The zero-order valence-corrected chi connectivity index (χ0v) is 14.5. The summed E-state index contributed by atoms with van der Waals surface area (Å²) in [6.07, 6.45) is 4.00. The van der Waals surface area contributed by atoms with E-state index in [1.165, 1.54) is 0 Å². The molecule has 20 heavy (non-hydrogen) atoms. The van der Waals surface area contributed by atoms with Gasteiger partial charge >= 0.3 is 0 Å². The molecule has 1 aliphatic carbocycles. The molecule has 0 spiro atoms. The molecule has 0 unspecified atom stereocenters. The quantitative estimate of drug-likeness (QED) is 0.779. The highest BCUT2D eigenvalue weighted by Crippen LogP contribution is 2.26. The molecule has 5 heteroatoms. The fourth-order valence-corrected chi connectivity index (χ4v) is 3.54. The van der Waals surface area contributed by atoms with Crippen LogP contribution in [0.4, 0.5) is 0 Å². The summed E-state index contributed by atoms with van der Waals surface area (Å²) >= 11 is 8.21. The Labute approximate surface area is 139 Å². The van der Waals surface area contributed by atoms with Gasteiger partial charge < -0.3 is 10.6 Å². The lowest BCUT2D eigenvalue weighted by molar-refractivity contribution is 0.0639. The Morgan fingerprint density at radius 1 is 1.40 bits per heavy atom. The van der Waals surface area contributed by atoms with Crippen LogP contribution in [0.25, 0.3) is 0 Å². The summed E-state index contributed by atoms with van der Waals surface area (Å²) in [7, 11) is 0. The highest BCUT2D eigenvalue weighted by molar-refractivity contribution is 14.1. The predicted molar refractivity (Wildman–Crippen MR) is 91.1 cm³/mol. The van der Waals surface area contributed by atoms with Crippen LogP contribution in [0.2, 0.25) is 5.02 Å². The maximum absolute atomic E-state index is 12.8. The third-order valence-corrected chi connectivity index (χ3v) is 5.12. The van der Waals surface area contributed by atoms with Crippen molar-refractivity contribution >= 4 is 40.1 Å². The van der Waals surface area contributed by atoms with Gasteiger partial charge in [-0.2, -0.15) is 0 Å². The first kappa shape index (κ1) is 16.0. The van der Waals surface area contributed by atoms with Crippen LogP contribution in [0.3, 0.4) is 0 Å². The minimum absolute atomic E-state index is 0.0832. The van der Waals surface area contributed by atoms with Gasteiger partial charge in [0, 0.05) is 27.2 Å². The van der Waals surface area contributed by atoms with E-state index in [9.17, 15) is 4.79 Å². The number of carbonyl (C=O) groups excluding carboxylic acids is 1. The number of amides is 1. The van der Waals surface area contributed by atoms with E-state index in [1.54, 1.807) is 6.07 Å². The van der Waals surface area contributed by atoms with Gasteiger partial charge in [-0.3, -0.25) is 4.79 Å². The van der Waals surface area contributed by atoms with Crippen molar-refractivity contribution in [3.05, 3.63) is 32.4 Å². The Kier molecular flexibility index (Phi) is 5.69. The van der Waals surface area contributed by atoms with E-state index in [4.69, 9.17) is 17.3 Å². The van der Waals surface area contributed by atoms with Gasteiger partial charge in [-0.05, 0) is 73.4 Å². The number of halogens is 2. The summed E-state index contributed by atoms with van der Waals surface area (Å²) in [4.78, 5) is 14.7. The Hall–Kier alpha value is -0.330. The number of hydrogen-bond donors (Lipinski definition) is 1. The lowest BCUT2D eigenvalue weighted by atomic mass is 9.90. The van der Waals surface area contributed by atoms with Gasteiger partial charge in [0.05, 0.1) is 5.56 Å². The lowest BCUT2D eigenvalue weighted by Gasteiger charge is -2.35. The zero-order chi connectivity index (χ0) is 14.7. The van der Waals surface area contributed by atoms with E-state index in [0.717, 1.165) is 35.8 Å². The van der Waals surface area contributed by atoms with E-state index in [0.29, 0.717) is 22.7 Å². The molecule has 3 nitrogen and oxygen atoms in total. The molecule has 0 saturated heterocycles. The SMILES string of the molecule is CCN(C(=O)c1cc(Cl)ccc1I)C1CCC(N)CC1. The second-order valence-corrected chi connectivity index (χ2v) is 6.88. The minimum atomic E-state index is 0.0832. The molecule has 1 fully saturated rings. The number of benzene rings is 1. The highest BCUT2D eigenvalue weighted by atomic mass is 127. The molecule has 0 radical (unpaired) electrons. The molecule has 1 saturated carbocycles. The molecular formula is C15H20ClIN2O. The van der Waals surface area contributed by atoms with Crippen molar-refractivity contribution in [2.24, 2.45) is 5.73 Å². The molecule has 110 valence electrons. The normalized spacial score (nSPS) is 22.6. The van der Waals surface area contributed by atoms with Gasteiger partial charge in [0.25, 0.3) is 5.91 Å². The molecule has 2 N–H and O–H groups in total. The molecule has 1 aromatic carbocycles. The van der Waals surface area contributed by atoms with Gasteiger partial charge in [-0.1, -0.05) is 11.6 Å². The Morgan fingerprint density at radius 2 is 2.05 bits per heavy atom. The summed E-state index contributed by atoms with van der Waals surface area (Å²) < 4.78 is 0.947. The first-order valence-corrected chi connectivity index (χ1v) is 8.50. The first-order valence-electron chi connectivity index (χ1n) is 7.04. The molecule has 1 amide bonds. The topological polar surface area (TPSA) is 46.3 Å². The largest absolute Gasteiger partial charge is 0.336 e. The van der Waals surface area contributed by atoms with Gasteiger partial charge in [0.2, 0.25) is 0 Å². The van der Waals surface area contributed by atoms with Crippen LogP contribution < -0.4 is 5.73 Å². The standard InChI is InChI=1S/C15H20ClIN2O/c1-2-19(12-6-4-11(18)5-7-12)15(20)13-9-10(16)3-8-14(13)17/h3,8-9,11-12H,2,4-7,18H2,1H3. The molecule has 1 aliphatic rings. The number of rotatable bonds is 3. The van der Waals surface area contributed by atoms with E-state index < -0.39 is 0 Å². The Bertz CT molecular complexity index is 487. The number of nitrogens with zero attached hydrogens (tertiary/aromatic N) is 1. The lowest BCUT2D eigenvalue weighted by Crippen LogP contribution is -2.44. The maximum atomic E-state index is 12.8. The molecule has 2 rings (SSSR count). The smallest absolute Gasteiger partial charge is 0.255 e. The summed E-state index contributed by atoms with van der Waals surface area (Å²) in [6.45, 7) is 2.76. The summed E-state index contributed by atoms with van der Waals surface area (Å²) in [6, 6.07) is 6.08. The third-order valence-electron chi connectivity index (χ3n) is 3.94. The second kappa shape index (κ2) is 7.09. The van der Waals surface area contributed by atoms with Crippen molar-refractivity contribution in [2.45, 2.75) is 44.7 Å². The van der Waals surface area contributed by atoms with E-state index in [-0.39, 0.29) is 5.91 Å². The predicted octanol–water partition coefficient (Wildman–Crippen LogP) is 3.68. The number of hydrogen-bond acceptors (Lipinski definition) is 2. The first-order chi connectivity index (χ1) is 9.52. The summed E-state index contributed by atoms with van der Waals surface area (Å²) in [5.74, 6) is 0.0832. The average Bonchev–Trinajstić information content (AvgIpc) is 2.44.